The molecule has 2 aromatic carbocycles. The third kappa shape index (κ3) is 5.65. The maximum Gasteiger partial charge on any atom is 0.228 e. The summed E-state index contributed by atoms with van der Waals surface area (Å²) in [7, 11) is 0. The van der Waals surface area contributed by atoms with Crippen molar-refractivity contribution in [1.29, 1.82) is 0 Å². The smallest absolute Gasteiger partial charge is 0.228 e. The van der Waals surface area contributed by atoms with E-state index in [0.717, 1.165) is 27.6 Å². The molecule has 3 heterocycles. The Balaban J connectivity index is 1.37. The van der Waals surface area contributed by atoms with Crippen LogP contribution >= 0.6 is 0 Å². The SMILES string of the molecule is Cc1cc(CC(=O)Nc2cnn(C(C)(C)C)c2)c(F)cc1Oc1ccnc2ccc(-c3cnccc3C)cc12. The minimum atomic E-state index is -0.513. The number of benzene rings is 2. The first-order valence-corrected chi connectivity index (χ1v) is 12.7. The van der Waals surface area contributed by atoms with Gasteiger partial charge in [0.2, 0.25) is 5.91 Å². The van der Waals surface area contributed by atoms with Crippen molar-refractivity contribution >= 4 is 22.5 Å². The lowest BCUT2D eigenvalue weighted by molar-refractivity contribution is -0.115. The van der Waals surface area contributed by atoms with Gasteiger partial charge in [-0.1, -0.05) is 6.07 Å². The number of rotatable bonds is 6. The van der Waals surface area contributed by atoms with E-state index >= 15 is 4.39 Å². The van der Waals surface area contributed by atoms with Crippen molar-refractivity contribution in [3.8, 4) is 22.6 Å². The average Bonchev–Trinajstić information content (AvgIpc) is 3.36. The van der Waals surface area contributed by atoms with Crippen molar-refractivity contribution in [2.24, 2.45) is 0 Å². The molecule has 198 valence electrons. The number of aromatic nitrogens is 4. The van der Waals surface area contributed by atoms with E-state index in [1.165, 1.54) is 6.07 Å². The highest BCUT2D eigenvalue weighted by atomic mass is 19.1. The minimum Gasteiger partial charge on any atom is -0.456 e. The summed E-state index contributed by atoms with van der Waals surface area (Å²) in [5.41, 5.74) is 5.24. The molecule has 0 fully saturated rings. The molecule has 0 spiro atoms. The highest BCUT2D eigenvalue weighted by Gasteiger charge is 2.17. The number of anilines is 1. The maximum absolute atomic E-state index is 15.1. The molecule has 3 aromatic heterocycles. The van der Waals surface area contributed by atoms with Crippen LogP contribution in [0.2, 0.25) is 0 Å². The Hall–Kier alpha value is -4.59. The minimum absolute atomic E-state index is 0.111. The van der Waals surface area contributed by atoms with Gasteiger partial charge in [-0.25, -0.2) is 4.39 Å². The predicted octanol–water partition coefficient (Wildman–Crippen LogP) is 6.98. The number of carbonyl (C=O) groups is 1. The molecule has 0 saturated carbocycles. The number of amides is 1. The molecule has 1 N–H and O–H groups in total. The van der Waals surface area contributed by atoms with Crippen LogP contribution in [-0.4, -0.2) is 25.7 Å². The predicted molar refractivity (Wildman–Crippen MR) is 150 cm³/mol. The third-order valence-electron chi connectivity index (χ3n) is 6.52. The Morgan fingerprint density at radius 2 is 1.82 bits per heavy atom. The first-order chi connectivity index (χ1) is 18.6. The second kappa shape index (κ2) is 10.3. The summed E-state index contributed by atoms with van der Waals surface area (Å²) in [4.78, 5) is 21.4. The van der Waals surface area contributed by atoms with Crippen molar-refractivity contribution < 1.29 is 13.9 Å². The van der Waals surface area contributed by atoms with E-state index < -0.39 is 5.82 Å². The number of hydrogen-bond acceptors (Lipinski definition) is 5. The lowest BCUT2D eigenvalue weighted by atomic mass is 10.0. The van der Waals surface area contributed by atoms with Gasteiger partial charge in [0.15, 0.2) is 0 Å². The molecule has 0 atom stereocenters. The van der Waals surface area contributed by atoms with Crippen LogP contribution in [0.3, 0.4) is 0 Å². The number of pyridine rings is 2. The summed E-state index contributed by atoms with van der Waals surface area (Å²) in [5, 5.41) is 7.88. The van der Waals surface area contributed by atoms with Gasteiger partial charge in [-0.3, -0.25) is 19.4 Å². The van der Waals surface area contributed by atoms with Gasteiger partial charge in [0.1, 0.15) is 17.3 Å². The second-order valence-corrected chi connectivity index (χ2v) is 10.6. The molecular formula is C31H30FN5O2. The largest absolute Gasteiger partial charge is 0.456 e. The van der Waals surface area contributed by atoms with Gasteiger partial charge in [0, 0.05) is 41.8 Å². The molecule has 7 nitrogen and oxygen atoms in total. The summed E-state index contributed by atoms with van der Waals surface area (Å²) in [6.07, 6.45) is 8.50. The van der Waals surface area contributed by atoms with E-state index in [-0.39, 0.29) is 23.4 Å². The summed E-state index contributed by atoms with van der Waals surface area (Å²) in [5.74, 6) is 0.0979. The van der Waals surface area contributed by atoms with Crippen LogP contribution in [0, 0.1) is 19.7 Å². The zero-order valence-corrected chi connectivity index (χ0v) is 22.6. The van der Waals surface area contributed by atoms with E-state index in [0.29, 0.717) is 22.7 Å². The van der Waals surface area contributed by atoms with Crippen LogP contribution in [0.5, 0.6) is 11.5 Å². The molecule has 0 radical (unpaired) electrons. The fourth-order valence-corrected chi connectivity index (χ4v) is 4.36. The molecule has 0 aliphatic carbocycles. The topological polar surface area (TPSA) is 81.9 Å². The molecule has 39 heavy (non-hydrogen) atoms. The fourth-order valence-electron chi connectivity index (χ4n) is 4.36. The van der Waals surface area contributed by atoms with Crippen LogP contribution in [0.25, 0.3) is 22.0 Å². The summed E-state index contributed by atoms with van der Waals surface area (Å²) >= 11 is 0. The van der Waals surface area contributed by atoms with E-state index in [2.05, 4.69) is 20.4 Å². The fraction of sp³-hybridized carbons (Fsp3) is 0.226. The molecular weight excluding hydrogens is 493 g/mol. The lowest BCUT2D eigenvalue weighted by Gasteiger charge is -2.18. The number of hydrogen-bond donors (Lipinski definition) is 1. The molecule has 5 rings (SSSR count). The number of fused-ring (bicyclic) bond motifs is 1. The van der Waals surface area contributed by atoms with Gasteiger partial charge in [-0.15, -0.1) is 0 Å². The third-order valence-corrected chi connectivity index (χ3v) is 6.52. The molecule has 5 aromatic rings. The Labute approximate surface area is 226 Å². The monoisotopic (exact) mass is 523 g/mol. The Morgan fingerprint density at radius 3 is 2.56 bits per heavy atom. The molecule has 8 heteroatoms. The van der Waals surface area contributed by atoms with E-state index in [1.807, 2.05) is 65.1 Å². The number of aryl methyl sites for hydroxylation is 2. The number of nitrogens with zero attached hydrogens (tertiary/aromatic N) is 4. The highest BCUT2D eigenvalue weighted by molar-refractivity contribution is 5.92. The Kier molecular flexibility index (Phi) is 6.87. The molecule has 0 unspecified atom stereocenters. The first kappa shape index (κ1) is 26.0. The standard InChI is InChI=1S/C31H30FN5O2/c1-19-8-10-33-17-25(19)21-6-7-27-24(13-21)28(9-11-34-27)39-29-15-26(32)22(12-20(29)2)14-30(38)36-23-16-35-37(18-23)31(3,4)5/h6-13,15-18H,14H2,1-5H3,(H,36,38). The Bertz CT molecular complexity index is 1690. The van der Waals surface area contributed by atoms with Gasteiger partial charge in [0.25, 0.3) is 0 Å². The first-order valence-electron chi connectivity index (χ1n) is 12.7. The van der Waals surface area contributed by atoms with Gasteiger partial charge < -0.3 is 10.1 Å². The van der Waals surface area contributed by atoms with Crippen LogP contribution in [0.1, 0.15) is 37.5 Å². The number of nitrogens with one attached hydrogen (secondary N) is 1. The van der Waals surface area contributed by atoms with E-state index in [1.54, 1.807) is 41.6 Å². The van der Waals surface area contributed by atoms with Crippen molar-refractivity contribution in [3.05, 3.63) is 96.0 Å². The number of ether oxygens (including phenoxy) is 1. The van der Waals surface area contributed by atoms with Crippen molar-refractivity contribution in [2.45, 2.75) is 46.6 Å². The van der Waals surface area contributed by atoms with Crippen molar-refractivity contribution in [1.82, 2.24) is 19.7 Å². The number of carbonyl (C=O) groups excluding carboxylic acids is 1. The zero-order chi connectivity index (χ0) is 27.7. The lowest BCUT2D eigenvalue weighted by Crippen LogP contribution is -2.22. The Morgan fingerprint density at radius 1 is 1.00 bits per heavy atom. The van der Waals surface area contributed by atoms with Gasteiger partial charge >= 0.3 is 0 Å². The van der Waals surface area contributed by atoms with Gasteiger partial charge in [-0.2, -0.15) is 5.10 Å². The van der Waals surface area contributed by atoms with Crippen molar-refractivity contribution in [3.63, 3.8) is 0 Å². The summed E-state index contributed by atoms with van der Waals surface area (Å²) in [6.45, 7) is 9.92. The van der Waals surface area contributed by atoms with Crippen LogP contribution in [0.4, 0.5) is 10.1 Å². The second-order valence-electron chi connectivity index (χ2n) is 10.6. The van der Waals surface area contributed by atoms with Crippen molar-refractivity contribution in [2.75, 3.05) is 5.32 Å². The average molecular weight is 524 g/mol. The van der Waals surface area contributed by atoms with Crippen LogP contribution in [0.15, 0.2) is 73.4 Å². The van der Waals surface area contributed by atoms with Crippen LogP contribution < -0.4 is 10.1 Å². The highest BCUT2D eigenvalue weighted by Crippen LogP contribution is 2.35. The molecule has 0 aliphatic rings. The molecule has 0 bridgehead atoms. The molecule has 1 amide bonds. The normalized spacial score (nSPS) is 11.5. The molecule has 0 saturated heterocycles. The quantitative estimate of drug-likeness (QED) is 0.260. The van der Waals surface area contributed by atoms with Crippen LogP contribution in [-0.2, 0) is 16.8 Å². The summed E-state index contributed by atoms with van der Waals surface area (Å²) < 4.78 is 23.1. The summed E-state index contributed by atoms with van der Waals surface area (Å²) in [6, 6.07) is 12.7. The number of halogens is 1. The van der Waals surface area contributed by atoms with Gasteiger partial charge in [0.05, 0.1) is 29.4 Å². The molecule has 0 aliphatic heterocycles. The van der Waals surface area contributed by atoms with E-state index in [4.69, 9.17) is 4.74 Å². The van der Waals surface area contributed by atoms with Gasteiger partial charge in [-0.05, 0) is 87.2 Å². The maximum atomic E-state index is 15.1. The van der Waals surface area contributed by atoms with E-state index in [9.17, 15) is 4.79 Å². The zero-order valence-electron chi connectivity index (χ0n) is 22.6.